The van der Waals surface area contributed by atoms with Crippen molar-refractivity contribution in [2.24, 2.45) is 33.8 Å². The lowest BCUT2D eigenvalue weighted by molar-refractivity contribution is -0.152. The number of ether oxygens (including phenoxy) is 4. The first-order valence-corrected chi connectivity index (χ1v) is 40.5. The van der Waals surface area contributed by atoms with Gasteiger partial charge in [-0.15, -0.1) is 0 Å². The van der Waals surface area contributed by atoms with Crippen molar-refractivity contribution in [3.63, 3.8) is 0 Å². The third-order valence-corrected chi connectivity index (χ3v) is 22.1. The van der Waals surface area contributed by atoms with E-state index < -0.39 is 34.8 Å². The van der Waals surface area contributed by atoms with E-state index in [0.717, 1.165) is 94.5 Å². The number of Topliss-reactive ketones (excluding diaryl/α,β-unsaturated/α-hetero) is 3. The first kappa shape index (κ1) is 89.2. The van der Waals surface area contributed by atoms with E-state index in [1.54, 1.807) is 72.9 Å². The third-order valence-electron chi connectivity index (χ3n) is 21.9. The van der Waals surface area contributed by atoms with Crippen LogP contribution in [0.15, 0.2) is 43.0 Å². The van der Waals surface area contributed by atoms with Crippen LogP contribution in [0.4, 0.5) is 24.9 Å². The number of carbonyl (C=O) groups is 9. The molecule has 5 amide bonds. The Labute approximate surface area is 665 Å². The van der Waals surface area contributed by atoms with Crippen LogP contribution in [0.5, 0.6) is 0 Å². The highest BCUT2D eigenvalue weighted by Gasteiger charge is 2.48. The number of fused-ring (bicyclic) bond motifs is 2. The van der Waals surface area contributed by atoms with Gasteiger partial charge in [-0.25, -0.2) is 24.2 Å². The number of anilines is 1. The molecule has 0 bridgehead atoms. The average Bonchev–Trinajstić information content (AvgIpc) is 1.57. The molecule has 10 aliphatic rings. The summed E-state index contributed by atoms with van der Waals surface area (Å²) in [6.07, 6.45) is 25.4. The number of piperidine rings is 2. The van der Waals surface area contributed by atoms with Crippen molar-refractivity contribution in [2.45, 2.75) is 279 Å². The Morgan fingerprint density at radius 3 is 1.43 bits per heavy atom. The number of aromatic amines is 2. The number of benzene rings is 1. The summed E-state index contributed by atoms with van der Waals surface area (Å²) < 4.78 is 28.7. The van der Waals surface area contributed by atoms with Crippen molar-refractivity contribution in [3.8, 4) is 0 Å². The van der Waals surface area contributed by atoms with Gasteiger partial charge in [0.05, 0.1) is 35.8 Å². The Balaban J connectivity index is 0.000000206. The lowest BCUT2D eigenvalue weighted by atomic mass is 9.64. The molecule has 8 fully saturated rings. The number of ketones is 3. The first-order valence-electron chi connectivity index (χ1n) is 39.3. The molecular weight excluding hydrogens is 1530 g/mol. The number of nitrogens with zero attached hydrogens (tertiary/aromatic N) is 8. The number of hydrogen-bond donors (Lipinski definition) is 6. The molecule has 5 aliphatic carbocycles. The van der Waals surface area contributed by atoms with Crippen molar-refractivity contribution in [2.75, 3.05) is 62.7 Å². The standard InChI is InChI=1S/C18H21ClN4O.C16H25N3O2.C16H25NO4.C10H17NO3.C9H12N2O.C6H10O2.C4H8O.CH3I.H4N2/c1-18(7-3-8-18)16-14-11-23(9-6-15(14)21-22-16)17(24)20-13-5-2-4-12(19)10-13;1-15(2,3)21-14(20)19-9-6-12-11(10-19)13(18-17-12)16(4)7-5-8-16;1-15(2,3)21-14(20)17-9-6-12(18)11(10-17)13(19)16(4)7-5-8-16;1-10(2,3)14-9(13)11-6-4-8(12)5-7-11;1-9(3-2-4-9)8(12)11-6-5-10-7-11;1-6(5(7)8)3-2-4-6;1-2-4-5-3-1;2*1-2/h2,4-5,10H,3,6-9,11H2,1H3,(H,20,24)(H,21,22);5-10H2,1-4H3,(H,17,18);11H,5-10H2,1-4H3;4-7H2,1-3H3;5-7H,2-4H2,1H3;2-4H2,1H3,(H,7,8);1-4H2;1H3;1-2H2/i;;;;;;;1D;. The number of amides is 5. The lowest BCUT2D eigenvalue weighted by Gasteiger charge is -2.41. The topological polar surface area (TPSA) is 363 Å². The zero-order chi connectivity index (χ0) is 81.6. The molecule has 1 atom stereocenters. The van der Waals surface area contributed by atoms with Crippen LogP contribution in [0.3, 0.4) is 0 Å². The SMILES string of the molecule is C1CCOC1.CC(C)(C)OC(=O)N1CCC(=O)C(C(=O)C2(C)CCC2)C1.CC(C)(C)OC(=O)N1CCC(=O)CC1.CC(C)(C)OC(=O)N1CCc2[nH]nc(C3(C)CCC3)c2C1.CC1(C(=O)O)CCC1.CC1(C(=O)n2ccnc2)CCC1.CC1(c2n[nH]c3c2CN(C(=O)Nc2cccc(Cl)c2)CC3)CCC1.NN.[2H]CI. The predicted octanol–water partition coefficient (Wildman–Crippen LogP) is 15.0. The van der Waals surface area contributed by atoms with Gasteiger partial charge < -0.3 is 49.0 Å². The summed E-state index contributed by atoms with van der Waals surface area (Å²) in [4.78, 5) is 117. The Morgan fingerprint density at radius 1 is 0.615 bits per heavy atom. The lowest BCUT2D eigenvalue weighted by Crippen LogP contribution is -2.52. The molecule has 14 rings (SSSR count). The number of carbonyl (C=O) groups excluding carboxylic acids is 8. The minimum atomic E-state index is -0.670. The van der Waals surface area contributed by atoms with E-state index in [0.29, 0.717) is 68.6 Å². The molecule has 29 heteroatoms. The van der Waals surface area contributed by atoms with Crippen molar-refractivity contribution in [1.82, 2.24) is 49.5 Å². The smallest absolute Gasteiger partial charge is 0.410 e. The molecule has 0 radical (unpaired) electrons. The minimum Gasteiger partial charge on any atom is -0.481 e. The van der Waals surface area contributed by atoms with Crippen molar-refractivity contribution in [3.05, 3.63) is 81.9 Å². The third kappa shape index (κ3) is 26.0. The first-order chi connectivity index (χ1) is 51.6. The highest BCUT2D eigenvalue weighted by atomic mass is 127. The van der Waals surface area contributed by atoms with E-state index in [4.69, 9.17) is 37.0 Å². The predicted molar refractivity (Wildman–Crippen MR) is 427 cm³/mol. The van der Waals surface area contributed by atoms with Crippen molar-refractivity contribution < 1.29 is 68.6 Å². The second-order valence-corrected chi connectivity index (χ2v) is 34.8. The van der Waals surface area contributed by atoms with Crippen LogP contribution < -0.4 is 17.0 Å². The Morgan fingerprint density at radius 2 is 1.05 bits per heavy atom. The number of carboxylic acids is 1. The maximum Gasteiger partial charge on any atom is 0.410 e. The molecule has 1 unspecified atom stereocenters. The zero-order valence-corrected chi connectivity index (χ0v) is 70.1. The maximum atomic E-state index is 12.6. The molecule has 4 aromatic rings. The van der Waals surface area contributed by atoms with Crippen LogP contribution in [0, 0.1) is 22.2 Å². The summed E-state index contributed by atoms with van der Waals surface area (Å²) in [5.41, 5.74) is 5.90. The second kappa shape index (κ2) is 39.9. The average molecular weight is 1660 g/mol. The largest absolute Gasteiger partial charge is 0.481 e. The molecule has 8 heterocycles. The molecule has 0 spiro atoms. The van der Waals surface area contributed by atoms with Gasteiger partial charge >= 0.3 is 30.3 Å². The summed E-state index contributed by atoms with van der Waals surface area (Å²) in [5.74, 6) is 7.08. The Bertz CT molecular complexity index is 3690. The van der Waals surface area contributed by atoms with Gasteiger partial charge in [-0.3, -0.25) is 50.4 Å². The molecule has 5 aliphatic heterocycles. The van der Waals surface area contributed by atoms with E-state index in [1.165, 1.54) is 85.2 Å². The van der Waals surface area contributed by atoms with Gasteiger partial charge in [-0.1, -0.05) is 100 Å². The van der Waals surface area contributed by atoms with Gasteiger partial charge in [0.1, 0.15) is 34.7 Å². The van der Waals surface area contributed by atoms with Gasteiger partial charge in [-0.05, 0) is 169 Å². The van der Waals surface area contributed by atoms with E-state index in [2.05, 4.69) is 56.2 Å². The number of H-pyrrole nitrogens is 2. The number of rotatable bonds is 7. The van der Waals surface area contributed by atoms with Gasteiger partial charge in [0, 0.05) is 153 Å². The minimum absolute atomic E-state index is 0.00649. The molecule has 3 saturated heterocycles. The van der Waals surface area contributed by atoms with E-state index in [-0.39, 0.29) is 81.5 Å². The van der Waals surface area contributed by atoms with Crippen LogP contribution in [0.2, 0.25) is 5.02 Å². The molecule has 5 saturated carbocycles. The van der Waals surface area contributed by atoms with Gasteiger partial charge in [0.25, 0.3) is 0 Å². The van der Waals surface area contributed by atoms with Gasteiger partial charge in [0.2, 0.25) is 5.91 Å². The molecule has 109 heavy (non-hydrogen) atoms. The maximum absolute atomic E-state index is 12.6. The molecular formula is C80H125ClIN13O14. The number of nitrogens with one attached hydrogen (secondary N) is 3. The van der Waals surface area contributed by atoms with Crippen LogP contribution >= 0.6 is 34.2 Å². The Kier molecular flexibility index (Phi) is 32.7. The summed E-state index contributed by atoms with van der Waals surface area (Å²) in [6.45, 7) is 33.0. The summed E-state index contributed by atoms with van der Waals surface area (Å²) in [5, 5.41) is 27.5. The van der Waals surface area contributed by atoms with E-state index in [9.17, 15) is 43.2 Å². The number of carboxylic acid groups (broad SMARTS) is 1. The summed E-state index contributed by atoms with van der Waals surface area (Å²) in [6, 6.07) is 7.14. The van der Waals surface area contributed by atoms with Gasteiger partial charge in [-0.2, -0.15) is 10.2 Å². The fourth-order valence-electron chi connectivity index (χ4n) is 14.1. The number of imidazole rings is 1. The normalized spacial score (nSPS) is 20.6. The van der Waals surface area contributed by atoms with Crippen LogP contribution in [0.1, 0.15) is 265 Å². The second-order valence-electron chi connectivity index (χ2n) is 34.4. The number of halogens is 2. The van der Waals surface area contributed by atoms with Crippen molar-refractivity contribution in [1.29, 1.82) is 0 Å². The van der Waals surface area contributed by atoms with Crippen LogP contribution in [-0.2, 0) is 74.9 Å². The number of hydrogen-bond acceptors (Lipinski definition) is 18. The molecule has 608 valence electrons. The highest BCUT2D eigenvalue weighted by Crippen LogP contribution is 2.48. The van der Waals surface area contributed by atoms with E-state index >= 15 is 0 Å². The highest BCUT2D eigenvalue weighted by molar-refractivity contribution is 14.1. The fourth-order valence-corrected chi connectivity index (χ4v) is 14.3. The number of likely N-dealkylation sites (tertiary alicyclic amines) is 2. The van der Waals surface area contributed by atoms with E-state index in [1.807, 2.05) is 95.0 Å². The molecule has 3 aromatic heterocycles. The number of aromatic nitrogens is 6. The van der Waals surface area contributed by atoms with Crippen LogP contribution in [0.25, 0.3) is 0 Å². The zero-order valence-electron chi connectivity index (χ0n) is 68.2. The number of aliphatic carboxylic acids is 1. The molecule has 1 aromatic carbocycles. The summed E-state index contributed by atoms with van der Waals surface area (Å²) in [7, 11) is 0. The number of urea groups is 1. The van der Waals surface area contributed by atoms with Crippen LogP contribution in [-0.4, -0.2) is 182 Å². The van der Waals surface area contributed by atoms with Crippen molar-refractivity contribution >= 4 is 93.4 Å². The van der Waals surface area contributed by atoms with Gasteiger partial charge in [0.15, 0.2) is 5.78 Å². The molecule has 8 N–H and O–H groups in total. The monoisotopic (exact) mass is 1650 g/mol. The number of hydrazine groups is 1. The number of alkyl halides is 1. The Hall–Kier alpha value is -7.02. The quantitative estimate of drug-likeness (QED) is 0.0250. The number of nitrogens with two attached hydrogens (primary N) is 2. The molecule has 27 nitrogen and oxygen atoms in total. The summed E-state index contributed by atoms with van der Waals surface area (Å²) >= 11 is 7.94. The fraction of sp³-hybridized carbons (Fsp3) is 0.700.